The second-order valence-corrected chi connectivity index (χ2v) is 6.96. The van der Waals surface area contributed by atoms with Gasteiger partial charge < -0.3 is 10.2 Å². The molecule has 102 valence electrons. The third kappa shape index (κ3) is 4.78. The SMILES string of the molecule is C[C@@](C#N)(CCC(=O)O)S[C@@](O)(S)c1ccccc1. The molecule has 0 aromatic heterocycles. The highest BCUT2D eigenvalue weighted by molar-refractivity contribution is 8.11. The Kier molecular flexibility index (Phi) is 5.29. The van der Waals surface area contributed by atoms with Crippen LogP contribution in [0.3, 0.4) is 0 Å². The lowest BCUT2D eigenvalue weighted by Gasteiger charge is -2.30. The average molecular weight is 297 g/mol. The van der Waals surface area contributed by atoms with E-state index in [4.69, 9.17) is 5.11 Å². The molecule has 0 heterocycles. The Morgan fingerprint density at radius 1 is 1.47 bits per heavy atom. The van der Waals surface area contributed by atoms with Gasteiger partial charge in [0.1, 0.15) is 4.75 Å². The van der Waals surface area contributed by atoms with Crippen LogP contribution in [0.4, 0.5) is 0 Å². The third-order valence-corrected chi connectivity index (χ3v) is 4.37. The van der Waals surface area contributed by atoms with Crippen LogP contribution in [-0.2, 0) is 9.06 Å². The lowest BCUT2D eigenvalue weighted by molar-refractivity contribution is -0.137. The van der Waals surface area contributed by atoms with Gasteiger partial charge in [0, 0.05) is 12.0 Å². The molecule has 0 aliphatic heterocycles. The molecule has 0 radical (unpaired) electrons. The van der Waals surface area contributed by atoms with Crippen molar-refractivity contribution in [1.82, 2.24) is 0 Å². The number of rotatable bonds is 6. The van der Waals surface area contributed by atoms with E-state index in [1.807, 2.05) is 6.07 Å². The summed E-state index contributed by atoms with van der Waals surface area (Å²) in [5.41, 5.74) is 0.556. The van der Waals surface area contributed by atoms with Crippen molar-refractivity contribution in [2.24, 2.45) is 0 Å². The van der Waals surface area contributed by atoms with Crippen molar-refractivity contribution in [2.75, 3.05) is 0 Å². The first kappa shape index (κ1) is 15.9. The van der Waals surface area contributed by atoms with Gasteiger partial charge in [-0.25, -0.2) is 0 Å². The number of nitrogens with zero attached hydrogens (tertiary/aromatic N) is 1. The zero-order valence-electron chi connectivity index (χ0n) is 10.4. The summed E-state index contributed by atoms with van der Waals surface area (Å²) < 4.78 is -2.56. The maximum absolute atomic E-state index is 10.6. The molecule has 0 saturated heterocycles. The lowest BCUT2D eigenvalue weighted by Crippen LogP contribution is -2.27. The van der Waals surface area contributed by atoms with Crippen LogP contribution in [0.5, 0.6) is 0 Å². The fraction of sp³-hybridized carbons (Fsp3) is 0.385. The maximum atomic E-state index is 10.6. The van der Waals surface area contributed by atoms with Crippen LogP contribution >= 0.6 is 24.4 Å². The predicted octanol–water partition coefficient (Wildman–Crippen LogP) is 2.60. The normalized spacial score (nSPS) is 16.9. The van der Waals surface area contributed by atoms with E-state index in [1.165, 1.54) is 0 Å². The molecule has 0 bridgehead atoms. The molecule has 4 nitrogen and oxygen atoms in total. The van der Waals surface area contributed by atoms with Crippen LogP contribution in [0.2, 0.25) is 0 Å². The van der Waals surface area contributed by atoms with Crippen molar-refractivity contribution in [1.29, 1.82) is 5.26 Å². The topological polar surface area (TPSA) is 81.3 Å². The van der Waals surface area contributed by atoms with Crippen LogP contribution in [0.25, 0.3) is 0 Å². The summed E-state index contributed by atoms with van der Waals surface area (Å²) in [7, 11) is 0. The van der Waals surface area contributed by atoms with Crippen molar-refractivity contribution in [3.8, 4) is 6.07 Å². The monoisotopic (exact) mass is 297 g/mol. The second-order valence-electron chi connectivity index (χ2n) is 4.31. The molecular weight excluding hydrogens is 282 g/mol. The molecule has 0 unspecified atom stereocenters. The Morgan fingerprint density at radius 2 is 2.05 bits per heavy atom. The van der Waals surface area contributed by atoms with Gasteiger partial charge in [-0.2, -0.15) is 5.26 Å². The predicted molar refractivity (Wildman–Crippen MR) is 77.8 cm³/mol. The number of aliphatic carboxylic acids is 1. The molecule has 0 spiro atoms. The van der Waals surface area contributed by atoms with E-state index in [2.05, 4.69) is 18.7 Å². The van der Waals surface area contributed by atoms with E-state index >= 15 is 0 Å². The fourth-order valence-corrected chi connectivity index (χ4v) is 3.39. The first-order valence-corrected chi connectivity index (χ1v) is 6.89. The second kappa shape index (κ2) is 6.33. The van der Waals surface area contributed by atoms with E-state index in [1.54, 1.807) is 31.2 Å². The highest BCUT2D eigenvalue weighted by Gasteiger charge is 2.37. The smallest absolute Gasteiger partial charge is 0.303 e. The van der Waals surface area contributed by atoms with Crippen molar-refractivity contribution in [3.63, 3.8) is 0 Å². The van der Waals surface area contributed by atoms with Crippen LogP contribution in [-0.4, -0.2) is 20.9 Å². The Bertz CT molecular complexity index is 484. The Hall–Kier alpha value is -1.16. The molecule has 2 N–H and O–H groups in total. The number of carboxylic acids is 1. The molecule has 2 atom stereocenters. The minimum Gasteiger partial charge on any atom is -0.481 e. The van der Waals surface area contributed by atoms with Gasteiger partial charge >= 0.3 is 5.97 Å². The zero-order chi connectivity index (χ0) is 14.5. The number of nitriles is 1. The number of hydrogen-bond donors (Lipinski definition) is 3. The van der Waals surface area contributed by atoms with E-state index in [9.17, 15) is 15.2 Å². The van der Waals surface area contributed by atoms with Gasteiger partial charge in [-0.3, -0.25) is 4.79 Å². The van der Waals surface area contributed by atoms with Gasteiger partial charge in [0.05, 0.1) is 6.07 Å². The third-order valence-electron chi connectivity index (χ3n) is 2.57. The molecule has 0 saturated carbocycles. The summed E-state index contributed by atoms with van der Waals surface area (Å²) in [5, 5.41) is 28.2. The number of carbonyl (C=O) groups is 1. The highest BCUT2D eigenvalue weighted by Crippen LogP contribution is 2.46. The summed E-state index contributed by atoms with van der Waals surface area (Å²) in [6.07, 6.45) is 0.00884. The number of aliphatic hydroxyl groups is 1. The molecule has 1 aromatic carbocycles. The standard InChI is InChI=1S/C13H15NO3S2/c1-12(9-14,8-7-11(15)16)19-13(17,18)10-5-3-2-4-6-10/h2-6,17-18H,7-8H2,1H3,(H,15,16)/t12-,13-/m0/s1. The molecular formula is C13H15NO3S2. The molecule has 1 rings (SSSR count). The fourth-order valence-electron chi connectivity index (χ4n) is 1.50. The molecule has 6 heteroatoms. The summed E-state index contributed by atoms with van der Waals surface area (Å²) >= 11 is 5.13. The van der Waals surface area contributed by atoms with E-state index < -0.39 is 15.0 Å². The van der Waals surface area contributed by atoms with Crippen LogP contribution < -0.4 is 0 Å². The number of thiol groups is 1. The van der Waals surface area contributed by atoms with E-state index in [0.717, 1.165) is 11.8 Å². The highest BCUT2D eigenvalue weighted by atomic mass is 32.2. The van der Waals surface area contributed by atoms with Crippen molar-refractivity contribution >= 4 is 30.4 Å². The Morgan fingerprint density at radius 3 is 2.53 bits per heavy atom. The lowest BCUT2D eigenvalue weighted by atomic mass is 10.1. The molecule has 19 heavy (non-hydrogen) atoms. The van der Waals surface area contributed by atoms with Crippen molar-refractivity contribution < 1.29 is 15.0 Å². The summed E-state index contributed by atoms with van der Waals surface area (Å²) in [6.45, 7) is 1.60. The minimum absolute atomic E-state index is 0.129. The van der Waals surface area contributed by atoms with Crippen LogP contribution in [0.1, 0.15) is 25.3 Å². The van der Waals surface area contributed by atoms with Gasteiger partial charge in [0.15, 0.2) is 4.27 Å². The summed E-state index contributed by atoms with van der Waals surface area (Å²) in [6, 6.07) is 10.8. The zero-order valence-corrected chi connectivity index (χ0v) is 12.1. The molecule has 0 aliphatic carbocycles. The Labute approximate surface area is 121 Å². The molecule has 0 fully saturated rings. The first-order valence-electron chi connectivity index (χ1n) is 5.62. The van der Waals surface area contributed by atoms with Gasteiger partial charge in [-0.15, -0.1) is 12.6 Å². The van der Waals surface area contributed by atoms with Gasteiger partial charge in [-0.1, -0.05) is 42.1 Å². The number of carboxylic acid groups (broad SMARTS) is 1. The van der Waals surface area contributed by atoms with Crippen molar-refractivity contribution in [3.05, 3.63) is 35.9 Å². The van der Waals surface area contributed by atoms with Gasteiger partial charge in [-0.05, 0) is 13.3 Å². The molecule has 0 aliphatic rings. The largest absolute Gasteiger partial charge is 0.481 e. The van der Waals surface area contributed by atoms with Crippen LogP contribution in [0, 0.1) is 11.3 Å². The van der Waals surface area contributed by atoms with Crippen LogP contribution in [0.15, 0.2) is 30.3 Å². The van der Waals surface area contributed by atoms with Gasteiger partial charge in [0.2, 0.25) is 0 Å². The first-order chi connectivity index (χ1) is 8.79. The molecule has 1 aromatic rings. The quantitative estimate of drug-likeness (QED) is 0.555. The van der Waals surface area contributed by atoms with E-state index in [-0.39, 0.29) is 12.8 Å². The van der Waals surface area contributed by atoms with Crippen molar-refractivity contribution in [2.45, 2.75) is 28.8 Å². The van der Waals surface area contributed by atoms with Gasteiger partial charge in [0.25, 0.3) is 0 Å². The number of hydrogen-bond acceptors (Lipinski definition) is 5. The number of benzene rings is 1. The summed E-state index contributed by atoms with van der Waals surface area (Å²) in [5.74, 6) is -0.968. The minimum atomic E-state index is -1.54. The summed E-state index contributed by atoms with van der Waals surface area (Å²) in [4.78, 5) is 10.6. The number of thioether (sulfide) groups is 1. The van der Waals surface area contributed by atoms with E-state index in [0.29, 0.717) is 5.56 Å². The average Bonchev–Trinajstić information content (AvgIpc) is 2.37. The maximum Gasteiger partial charge on any atom is 0.303 e. The Balaban J connectivity index is 2.85. The molecule has 0 amide bonds.